The minimum absolute atomic E-state index is 0.0737. The average Bonchev–Trinajstić information content (AvgIpc) is 2.41. The zero-order chi connectivity index (χ0) is 13.4. The van der Waals surface area contributed by atoms with Crippen LogP contribution < -0.4 is 5.56 Å². The van der Waals surface area contributed by atoms with E-state index in [1.807, 2.05) is 12.1 Å². The van der Waals surface area contributed by atoms with Gasteiger partial charge in [-0.3, -0.25) is 9.36 Å². The van der Waals surface area contributed by atoms with Crippen molar-refractivity contribution in [3.63, 3.8) is 0 Å². The molecular formula is C13H12BrClN2O2. The van der Waals surface area contributed by atoms with Gasteiger partial charge in [-0.05, 0) is 52.5 Å². The Labute approximate surface area is 123 Å². The molecule has 0 bridgehead atoms. The van der Waals surface area contributed by atoms with Crippen molar-refractivity contribution in [3.05, 3.63) is 38.3 Å². The summed E-state index contributed by atoms with van der Waals surface area (Å²) in [5.74, 6) is 0. The highest BCUT2D eigenvalue weighted by Gasteiger charge is 2.21. The van der Waals surface area contributed by atoms with Crippen molar-refractivity contribution in [3.8, 4) is 0 Å². The van der Waals surface area contributed by atoms with Gasteiger partial charge < -0.3 is 4.74 Å². The monoisotopic (exact) mass is 342 g/mol. The Kier molecular flexibility index (Phi) is 3.60. The molecule has 0 amide bonds. The maximum atomic E-state index is 12.6. The van der Waals surface area contributed by atoms with Crippen molar-refractivity contribution >= 4 is 38.4 Å². The third-order valence-corrected chi connectivity index (χ3v) is 4.30. The summed E-state index contributed by atoms with van der Waals surface area (Å²) in [6.45, 7) is 1.31. The lowest BCUT2D eigenvalue weighted by Gasteiger charge is -2.25. The molecule has 0 saturated carbocycles. The maximum Gasteiger partial charge on any atom is 0.262 e. The summed E-state index contributed by atoms with van der Waals surface area (Å²) in [5, 5.41) is 0.835. The number of para-hydroxylation sites is 1. The van der Waals surface area contributed by atoms with Gasteiger partial charge in [0.1, 0.15) is 0 Å². The first-order valence-electron chi connectivity index (χ1n) is 6.12. The third kappa shape index (κ3) is 2.30. The van der Waals surface area contributed by atoms with Crippen LogP contribution in [-0.2, 0) is 4.74 Å². The predicted molar refractivity (Wildman–Crippen MR) is 77.8 cm³/mol. The van der Waals surface area contributed by atoms with Gasteiger partial charge in [0.05, 0.1) is 10.9 Å². The van der Waals surface area contributed by atoms with Gasteiger partial charge in [0, 0.05) is 23.7 Å². The van der Waals surface area contributed by atoms with Gasteiger partial charge >= 0.3 is 0 Å². The molecule has 6 heteroatoms. The number of halogens is 2. The number of fused-ring (bicyclic) bond motifs is 1. The van der Waals surface area contributed by atoms with E-state index in [4.69, 9.17) is 16.3 Å². The average molecular weight is 344 g/mol. The fourth-order valence-electron chi connectivity index (χ4n) is 2.42. The van der Waals surface area contributed by atoms with E-state index in [0.717, 1.165) is 17.3 Å². The van der Waals surface area contributed by atoms with Crippen LogP contribution in [0.2, 0.25) is 5.28 Å². The van der Waals surface area contributed by atoms with Crippen LogP contribution in [0.5, 0.6) is 0 Å². The number of benzene rings is 1. The van der Waals surface area contributed by atoms with Crippen LogP contribution in [0.1, 0.15) is 18.9 Å². The zero-order valence-electron chi connectivity index (χ0n) is 10.1. The van der Waals surface area contributed by atoms with Gasteiger partial charge in [-0.25, -0.2) is 4.98 Å². The Morgan fingerprint density at radius 1 is 1.37 bits per heavy atom. The van der Waals surface area contributed by atoms with Crippen molar-refractivity contribution in [1.82, 2.24) is 9.55 Å². The van der Waals surface area contributed by atoms with Gasteiger partial charge in [0.15, 0.2) is 0 Å². The first-order valence-corrected chi connectivity index (χ1v) is 7.29. The molecule has 2 aromatic rings. The minimum Gasteiger partial charge on any atom is -0.381 e. The molecule has 4 nitrogen and oxygen atoms in total. The van der Waals surface area contributed by atoms with Gasteiger partial charge in [0.2, 0.25) is 5.28 Å². The zero-order valence-corrected chi connectivity index (χ0v) is 12.4. The molecule has 1 aromatic carbocycles. The van der Waals surface area contributed by atoms with Crippen molar-refractivity contribution in [2.24, 2.45) is 0 Å². The Balaban J connectivity index is 2.22. The lowest BCUT2D eigenvalue weighted by atomic mass is 10.1. The molecule has 1 aliphatic heterocycles. The summed E-state index contributed by atoms with van der Waals surface area (Å²) in [4.78, 5) is 16.9. The van der Waals surface area contributed by atoms with E-state index in [-0.39, 0.29) is 16.9 Å². The molecule has 100 valence electrons. The smallest absolute Gasteiger partial charge is 0.262 e. The van der Waals surface area contributed by atoms with Crippen LogP contribution in [0.4, 0.5) is 0 Å². The molecule has 0 radical (unpaired) electrons. The highest BCUT2D eigenvalue weighted by Crippen LogP contribution is 2.26. The maximum absolute atomic E-state index is 12.6. The third-order valence-electron chi connectivity index (χ3n) is 3.39. The summed E-state index contributed by atoms with van der Waals surface area (Å²) in [6.07, 6.45) is 1.58. The molecule has 0 atom stereocenters. The lowest BCUT2D eigenvalue weighted by molar-refractivity contribution is 0.0686. The van der Waals surface area contributed by atoms with E-state index in [2.05, 4.69) is 20.9 Å². The first-order chi connectivity index (χ1) is 9.18. The lowest BCUT2D eigenvalue weighted by Crippen LogP contribution is -2.30. The number of nitrogens with zero attached hydrogens (tertiary/aromatic N) is 2. The Morgan fingerprint density at radius 2 is 2.11 bits per heavy atom. The van der Waals surface area contributed by atoms with Crippen LogP contribution in [0.25, 0.3) is 10.9 Å². The standard InChI is InChI=1S/C13H12BrClN2O2/c14-10-3-1-2-9-11(10)16-13(15)17(12(9)18)8-4-6-19-7-5-8/h1-3,8H,4-7H2. The summed E-state index contributed by atoms with van der Waals surface area (Å²) >= 11 is 9.60. The second-order valence-corrected chi connectivity index (χ2v) is 5.73. The van der Waals surface area contributed by atoms with Gasteiger partial charge in [-0.2, -0.15) is 0 Å². The fourth-order valence-corrected chi connectivity index (χ4v) is 3.18. The molecule has 0 unspecified atom stereocenters. The van der Waals surface area contributed by atoms with E-state index in [0.29, 0.717) is 24.1 Å². The highest BCUT2D eigenvalue weighted by atomic mass is 79.9. The van der Waals surface area contributed by atoms with E-state index in [1.54, 1.807) is 10.6 Å². The molecule has 0 aliphatic carbocycles. The molecule has 1 fully saturated rings. The molecular weight excluding hydrogens is 332 g/mol. The van der Waals surface area contributed by atoms with Crippen molar-refractivity contribution in [2.75, 3.05) is 13.2 Å². The molecule has 0 N–H and O–H groups in total. The SMILES string of the molecule is O=c1c2cccc(Br)c2nc(Cl)n1C1CCOCC1. The van der Waals surface area contributed by atoms with Crippen LogP contribution in [-0.4, -0.2) is 22.8 Å². The second kappa shape index (κ2) is 5.23. The molecule has 19 heavy (non-hydrogen) atoms. The molecule has 1 saturated heterocycles. The van der Waals surface area contributed by atoms with E-state index in [9.17, 15) is 4.79 Å². The van der Waals surface area contributed by atoms with Gasteiger partial charge in [-0.1, -0.05) is 6.07 Å². The Morgan fingerprint density at radius 3 is 2.84 bits per heavy atom. The molecule has 1 aliphatic rings. The summed E-state index contributed by atoms with van der Waals surface area (Å²) in [7, 11) is 0. The van der Waals surface area contributed by atoms with E-state index < -0.39 is 0 Å². The van der Waals surface area contributed by atoms with Crippen LogP contribution in [0.15, 0.2) is 27.5 Å². The molecule has 2 heterocycles. The topological polar surface area (TPSA) is 44.1 Å². The number of hydrogen-bond donors (Lipinski definition) is 0. The van der Waals surface area contributed by atoms with Crippen molar-refractivity contribution < 1.29 is 4.74 Å². The summed E-state index contributed by atoms with van der Waals surface area (Å²) < 4.78 is 7.70. The van der Waals surface area contributed by atoms with Crippen molar-refractivity contribution in [2.45, 2.75) is 18.9 Å². The first kappa shape index (κ1) is 13.1. The quantitative estimate of drug-likeness (QED) is 0.747. The molecule has 3 rings (SSSR count). The van der Waals surface area contributed by atoms with Gasteiger partial charge in [-0.15, -0.1) is 0 Å². The van der Waals surface area contributed by atoms with E-state index in [1.165, 1.54) is 0 Å². The number of aromatic nitrogens is 2. The minimum atomic E-state index is -0.0804. The largest absolute Gasteiger partial charge is 0.381 e. The molecule has 1 aromatic heterocycles. The van der Waals surface area contributed by atoms with E-state index >= 15 is 0 Å². The Bertz CT molecular complexity index is 680. The molecule has 0 spiro atoms. The number of hydrogen-bond acceptors (Lipinski definition) is 3. The van der Waals surface area contributed by atoms with Crippen molar-refractivity contribution in [1.29, 1.82) is 0 Å². The summed E-state index contributed by atoms with van der Waals surface area (Å²) in [5.41, 5.74) is 0.531. The fraction of sp³-hybridized carbons (Fsp3) is 0.385. The number of ether oxygens (including phenoxy) is 1. The normalized spacial score (nSPS) is 16.9. The van der Waals surface area contributed by atoms with Crippen LogP contribution >= 0.6 is 27.5 Å². The van der Waals surface area contributed by atoms with Crippen LogP contribution in [0.3, 0.4) is 0 Å². The summed E-state index contributed by atoms with van der Waals surface area (Å²) in [6, 6.07) is 5.54. The van der Waals surface area contributed by atoms with Crippen LogP contribution in [0, 0.1) is 0 Å². The highest BCUT2D eigenvalue weighted by molar-refractivity contribution is 9.10. The number of rotatable bonds is 1. The second-order valence-electron chi connectivity index (χ2n) is 4.54. The Hall–Kier alpha value is -0.910. The predicted octanol–water partition coefficient (Wildman–Crippen LogP) is 3.16. The van der Waals surface area contributed by atoms with Gasteiger partial charge in [0.25, 0.3) is 5.56 Å².